The topological polar surface area (TPSA) is 71.3 Å². The summed E-state index contributed by atoms with van der Waals surface area (Å²) in [5.74, 6) is 0.640. The quantitative estimate of drug-likeness (QED) is 0.225. The van der Waals surface area contributed by atoms with E-state index in [1.165, 1.54) is 0 Å². The standard InChI is InChI=1S/C33H25BClN5O/c34-28-21-38-40-31(18-30(39-32(28)40)27-8-4-5-9-29(27)35)36-19-22-10-12-23(13-11-22)20-37-33(41)26-16-14-25(15-17-26)24-6-2-1-3-7-24/h1-18,21,36H,19-20H2,(H,37,41). The van der Waals surface area contributed by atoms with Gasteiger partial charge in [-0.25, -0.2) is 4.98 Å². The van der Waals surface area contributed by atoms with E-state index in [9.17, 15) is 4.79 Å². The summed E-state index contributed by atoms with van der Waals surface area (Å²) in [5.41, 5.74) is 7.48. The van der Waals surface area contributed by atoms with E-state index >= 15 is 0 Å². The maximum atomic E-state index is 12.7. The van der Waals surface area contributed by atoms with Crippen molar-refractivity contribution in [2.45, 2.75) is 13.1 Å². The van der Waals surface area contributed by atoms with Gasteiger partial charge in [-0.15, -0.1) is 0 Å². The lowest BCUT2D eigenvalue weighted by Gasteiger charge is -2.12. The number of aromatic nitrogens is 3. The largest absolute Gasteiger partial charge is 0.366 e. The molecule has 0 atom stereocenters. The van der Waals surface area contributed by atoms with Crippen LogP contribution >= 0.6 is 11.6 Å². The van der Waals surface area contributed by atoms with Gasteiger partial charge in [0.15, 0.2) is 5.65 Å². The Morgan fingerprint density at radius 1 is 0.805 bits per heavy atom. The molecule has 6 nitrogen and oxygen atoms in total. The Kier molecular flexibility index (Phi) is 7.52. The summed E-state index contributed by atoms with van der Waals surface area (Å²) in [6.45, 7) is 0.993. The van der Waals surface area contributed by atoms with Gasteiger partial charge >= 0.3 is 0 Å². The number of nitrogens with zero attached hydrogens (tertiary/aromatic N) is 3. The highest BCUT2D eigenvalue weighted by Crippen LogP contribution is 2.28. The summed E-state index contributed by atoms with van der Waals surface area (Å²) in [6, 6.07) is 35.3. The molecular formula is C33H25BClN5O. The molecule has 0 saturated carbocycles. The molecule has 0 aliphatic rings. The zero-order valence-electron chi connectivity index (χ0n) is 22.1. The highest BCUT2D eigenvalue weighted by molar-refractivity contribution is 6.36. The average molecular weight is 554 g/mol. The lowest BCUT2D eigenvalue weighted by Crippen LogP contribution is -2.22. The Balaban J connectivity index is 1.10. The summed E-state index contributed by atoms with van der Waals surface area (Å²) in [7, 11) is 6.14. The van der Waals surface area contributed by atoms with Crippen molar-refractivity contribution in [3.63, 3.8) is 0 Å². The molecule has 6 rings (SSSR count). The fourth-order valence-corrected chi connectivity index (χ4v) is 4.84. The number of carbonyl (C=O) groups is 1. The van der Waals surface area contributed by atoms with Gasteiger partial charge < -0.3 is 10.6 Å². The van der Waals surface area contributed by atoms with E-state index in [1.54, 1.807) is 10.7 Å². The summed E-state index contributed by atoms with van der Waals surface area (Å²) in [4.78, 5) is 17.4. The molecule has 198 valence electrons. The summed E-state index contributed by atoms with van der Waals surface area (Å²) in [5, 5.41) is 11.4. The first kappa shape index (κ1) is 26.4. The molecule has 8 heteroatoms. The summed E-state index contributed by atoms with van der Waals surface area (Å²) >= 11 is 6.43. The second kappa shape index (κ2) is 11.7. The predicted octanol–water partition coefficient (Wildman–Crippen LogP) is 6.05. The van der Waals surface area contributed by atoms with Gasteiger partial charge in [0.2, 0.25) is 0 Å². The highest BCUT2D eigenvalue weighted by atomic mass is 35.5. The Morgan fingerprint density at radius 3 is 2.20 bits per heavy atom. The molecule has 2 aromatic heterocycles. The molecule has 1 amide bonds. The molecule has 2 heterocycles. The van der Waals surface area contributed by atoms with E-state index in [0.29, 0.717) is 40.5 Å². The van der Waals surface area contributed by atoms with Gasteiger partial charge in [-0.1, -0.05) is 96.5 Å². The van der Waals surface area contributed by atoms with Crippen LogP contribution in [0.4, 0.5) is 5.82 Å². The molecule has 2 N–H and O–H groups in total. The zero-order chi connectivity index (χ0) is 28.2. The van der Waals surface area contributed by atoms with Gasteiger partial charge in [0.25, 0.3) is 5.91 Å². The predicted molar refractivity (Wildman–Crippen MR) is 166 cm³/mol. The molecule has 0 aliphatic carbocycles. The zero-order valence-corrected chi connectivity index (χ0v) is 22.8. The first-order valence-electron chi connectivity index (χ1n) is 13.2. The minimum Gasteiger partial charge on any atom is -0.366 e. The minimum atomic E-state index is -0.107. The monoisotopic (exact) mass is 553 g/mol. The van der Waals surface area contributed by atoms with E-state index in [-0.39, 0.29) is 5.91 Å². The molecule has 41 heavy (non-hydrogen) atoms. The van der Waals surface area contributed by atoms with Crippen molar-refractivity contribution in [1.29, 1.82) is 0 Å². The number of hydrogen-bond donors (Lipinski definition) is 2. The molecule has 0 aliphatic heterocycles. The normalized spacial score (nSPS) is 11.0. The van der Waals surface area contributed by atoms with Crippen molar-refractivity contribution in [1.82, 2.24) is 19.9 Å². The van der Waals surface area contributed by atoms with Crippen LogP contribution in [0.3, 0.4) is 0 Å². The second-order valence-corrected chi connectivity index (χ2v) is 10.0. The number of amides is 1. The Bertz CT molecular complexity index is 1820. The molecular weight excluding hydrogens is 529 g/mol. The van der Waals surface area contributed by atoms with Crippen LogP contribution in [0.2, 0.25) is 5.02 Å². The van der Waals surface area contributed by atoms with E-state index in [0.717, 1.165) is 33.6 Å². The van der Waals surface area contributed by atoms with Crippen LogP contribution in [-0.4, -0.2) is 28.4 Å². The van der Waals surface area contributed by atoms with Crippen LogP contribution in [0, 0.1) is 0 Å². The number of halogens is 1. The summed E-state index contributed by atoms with van der Waals surface area (Å²) in [6.07, 6.45) is 1.59. The maximum absolute atomic E-state index is 12.7. The van der Waals surface area contributed by atoms with Gasteiger partial charge in [0.05, 0.1) is 5.69 Å². The van der Waals surface area contributed by atoms with Crippen molar-refractivity contribution in [2.24, 2.45) is 0 Å². The Morgan fingerprint density at radius 2 is 1.46 bits per heavy atom. The molecule has 0 unspecified atom stereocenters. The third kappa shape index (κ3) is 5.86. The van der Waals surface area contributed by atoms with E-state index in [2.05, 4.69) is 32.8 Å². The van der Waals surface area contributed by atoms with Crippen molar-refractivity contribution in [2.75, 3.05) is 5.32 Å². The number of carbonyl (C=O) groups excluding carboxylic acids is 1. The van der Waals surface area contributed by atoms with Crippen molar-refractivity contribution < 1.29 is 4.79 Å². The molecule has 0 saturated heterocycles. The summed E-state index contributed by atoms with van der Waals surface area (Å²) < 4.78 is 1.69. The fourth-order valence-electron chi connectivity index (χ4n) is 4.61. The van der Waals surface area contributed by atoms with E-state index in [1.807, 2.05) is 97.1 Å². The number of rotatable bonds is 8. The van der Waals surface area contributed by atoms with Crippen LogP contribution in [0.1, 0.15) is 21.5 Å². The van der Waals surface area contributed by atoms with Crippen LogP contribution in [-0.2, 0) is 13.1 Å². The Hall–Kier alpha value is -4.88. The highest BCUT2D eigenvalue weighted by Gasteiger charge is 2.13. The number of hydrogen-bond acceptors (Lipinski definition) is 4. The van der Waals surface area contributed by atoms with Crippen molar-refractivity contribution in [3.05, 3.63) is 137 Å². The van der Waals surface area contributed by atoms with Crippen LogP contribution in [0.5, 0.6) is 0 Å². The second-order valence-electron chi connectivity index (χ2n) is 9.64. The number of nitrogens with one attached hydrogen (secondary N) is 2. The van der Waals surface area contributed by atoms with Gasteiger partial charge in [-0.2, -0.15) is 9.61 Å². The molecule has 0 bridgehead atoms. The van der Waals surface area contributed by atoms with E-state index in [4.69, 9.17) is 19.4 Å². The fraction of sp³-hybridized carbons (Fsp3) is 0.0606. The molecule has 4 aromatic carbocycles. The van der Waals surface area contributed by atoms with Gasteiger partial charge in [-0.3, -0.25) is 4.79 Å². The third-order valence-corrected chi connectivity index (χ3v) is 7.18. The number of fused-ring (bicyclic) bond motifs is 1. The average Bonchev–Trinajstić information content (AvgIpc) is 3.40. The first-order valence-corrected chi connectivity index (χ1v) is 13.6. The third-order valence-electron chi connectivity index (χ3n) is 6.85. The number of anilines is 1. The van der Waals surface area contributed by atoms with Gasteiger partial charge in [-0.05, 0) is 45.9 Å². The number of benzene rings is 4. The lowest BCUT2D eigenvalue weighted by molar-refractivity contribution is 0.0951. The van der Waals surface area contributed by atoms with Crippen LogP contribution in [0.25, 0.3) is 28.0 Å². The Labute approximate surface area is 244 Å². The smallest absolute Gasteiger partial charge is 0.251 e. The maximum Gasteiger partial charge on any atom is 0.251 e. The molecule has 0 fully saturated rings. The SMILES string of the molecule is [B]c1cnn2c(NCc3ccc(CNC(=O)c4ccc(-c5ccccc5)cc4)cc3)cc(-c3ccccc3Cl)nc12. The van der Waals surface area contributed by atoms with Crippen LogP contribution in [0.15, 0.2) is 115 Å². The molecule has 0 spiro atoms. The molecule has 6 aromatic rings. The van der Waals surface area contributed by atoms with Gasteiger partial charge in [0, 0.05) is 41.5 Å². The van der Waals surface area contributed by atoms with Crippen molar-refractivity contribution in [3.8, 4) is 22.4 Å². The van der Waals surface area contributed by atoms with E-state index < -0.39 is 0 Å². The first-order chi connectivity index (χ1) is 20.0. The lowest BCUT2D eigenvalue weighted by atomic mass is 10.0. The minimum absolute atomic E-state index is 0.107. The van der Waals surface area contributed by atoms with Crippen LogP contribution < -0.4 is 16.1 Å². The van der Waals surface area contributed by atoms with Crippen molar-refractivity contribution >= 4 is 42.3 Å². The molecule has 2 radical (unpaired) electrons. The van der Waals surface area contributed by atoms with Gasteiger partial charge in [0.1, 0.15) is 13.7 Å².